The molecule has 2 aromatic rings. The van der Waals surface area contributed by atoms with Gasteiger partial charge in [-0.2, -0.15) is 0 Å². The molecule has 0 aromatic heterocycles. The van der Waals surface area contributed by atoms with Crippen molar-refractivity contribution < 1.29 is 8.42 Å². The van der Waals surface area contributed by atoms with Crippen molar-refractivity contribution in [2.45, 2.75) is 11.8 Å². The average molecular weight is 305 g/mol. The predicted octanol–water partition coefficient (Wildman–Crippen LogP) is 2.44. The molecular formula is C15H19N3O2S. The van der Waals surface area contributed by atoms with Crippen LogP contribution in [0.5, 0.6) is 0 Å². The van der Waals surface area contributed by atoms with Gasteiger partial charge in [0.15, 0.2) is 0 Å². The molecule has 112 valence electrons. The SMILES string of the molecule is Cc1ccc(NS(=O)(=O)c2cccc(N)c2)cc1N(C)C. The van der Waals surface area contributed by atoms with E-state index < -0.39 is 10.0 Å². The Morgan fingerprint density at radius 3 is 2.43 bits per heavy atom. The number of anilines is 3. The van der Waals surface area contributed by atoms with Gasteiger partial charge in [0, 0.05) is 25.5 Å². The number of nitrogens with zero attached hydrogens (tertiary/aromatic N) is 1. The zero-order chi connectivity index (χ0) is 15.6. The molecule has 3 N–H and O–H groups in total. The van der Waals surface area contributed by atoms with E-state index in [9.17, 15) is 8.42 Å². The Bertz CT molecular complexity index is 755. The van der Waals surface area contributed by atoms with Gasteiger partial charge in [0.05, 0.1) is 10.6 Å². The molecule has 0 aliphatic carbocycles. The number of hydrogen-bond acceptors (Lipinski definition) is 4. The zero-order valence-corrected chi connectivity index (χ0v) is 13.1. The summed E-state index contributed by atoms with van der Waals surface area (Å²) in [5, 5.41) is 0. The summed E-state index contributed by atoms with van der Waals surface area (Å²) >= 11 is 0. The Hall–Kier alpha value is -2.21. The second-order valence-corrected chi connectivity index (χ2v) is 6.76. The Kier molecular flexibility index (Phi) is 4.09. The summed E-state index contributed by atoms with van der Waals surface area (Å²) in [6.07, 6.45) is 0. The van der Waals surface area contributed by atoms with Crippen molar-refractivity contribution in [3.63, 3.8) is 0 Å². The van der Waals surface area contributed by atoms with Crippen molar-refractivity contribution in [1.82, 2.24) is 0 Å². The normalized spacial score (nSPS) is 11.2. The molecule has 0 bridgehead atoms. The zero-order valence-electron chi connectivity index (χ0n) is 12.3. The Morgan fingerprint density at radius 2 is 1.81 bits per heavy atom. The molecule has 0 fully saturated rings. The van der Waals surface area contributed by atoms with Crippen LogP contribution >= 0.6 is 0 Å². The lowest BCUT2D eigenvalue weighted by Crippen LogP contribution is -2.15. The third-order valence-electron chi connectivity index (χ3n) is 3.11. The number of rotatable bonds is 4. The summed E-state index contributed by atoms with van der Waals surface area (Å²) in [5.41, 5.74) is 8.60. The standard InChI is InChI=1S/C15H19N3O2S/c1-11-7-8-13(10-15(11)18(2)3)17-21(19,20)14-6-4-5-12(16)9-14/h4-10,17H,16H2,1-3H3. The first kappa shape index (κ1) is 15.2. The number of hydrogen-bond donors (Lipinski definition) is 2. The molecule has 21 heavy (non-hydrogen) atoms. The van der Waals surface area contributed by atoms with Gasteiger partial charge in [0.2, 0.25) is 0 Å². The summed E-state index contributed by atoms with van der Waals surface area (Å²) in [6.45, 7) is 1.98. The molecule has 5 nitrogen and oxygen atoms in total. The van der Waals surface area contributed by atoms with E-state index in [-0.39, 0.29) is 4.90 Å². The van der Waals surface area contributed by atoms with Gasteiger partial charge >= 0.3 is 0 Å². The molecule has 0 heterocycles. The maximum absolute atomic E-state index is 12.3. The summed E-state index contributed by atoms with van der Waals surface area (Å²) in [6, 6.07) is 11.6. The molecule has 0 aliphatic rings. The van der Waals surface area contributed by atoms with Gasteiger partial charge in [0.1, 0.15) is 0 Å². The highest BCUT2D eigenvalue weighted by molar-refractivity contribution is 7.92. The molecule has 0 atom stereocenters. The second kappa shape index (κ2) is 5.65. The van der Waals surface area contributed by atoms with Gasteiger partial charge < -0.3 is 10.6 Å². The lowest BCUT2D eigenvalue weighted by Gasteiger charge is -2.17. The third-order valence-corrected chi connectivity index (χ3v) is 4.49. The number of sulfonamides is 1. The second-order valence-electron chi connectivity index (χ2n) is 5.07. The number of nitrogens with two attached hydrogens (primary N) is 1. The van der Waals surface area contributed by atoms with Crippen LogP contribution in [0.1, 0.15) is 5.56 Å². The minimum atomic E-state index is -3.64. The smallest absolute Gasteiger partial charge is 0.261 e. The fourth-order valence-electron chi connectivity index (χ4n) is 2.05. The summed E-state index contributed by atoms with van der Waals surface area (Å²) in [5.74, 6) is 0. The number of aryl methyl sites for hydroxylation is 1. The van der Waals surface area contributed by atoms with Crippen LogP contribution in [0.15, 0.2) is 47.4 Å². The lowest BCUT2D eigenvalue weighted by atomic mass is 10.2. The van der Waals surface area contributed by atoms with E-state index in [1.807, 2.05) is 32.0 Å². The number of nitrogen functional groups attached to an aromatic ring is 1. The van der Waals surface area contributed by atoms with Crippen molar-refractivity contribution in [3.8, 4) is 0 Å². The van der Waals surface area contributed by atoms with E-state index in [1.165, 1.54) is 12.1 Å². The van der Waals surface area contributed by atoms with E-state index in [0.717, 1.165) is 11.3 Å². The highest BCUT2D eigenvalue weighted by atomic mass is 32.2. The largest absolute Gasteiger partial charge is 0.399 e. The van der Waals surface area contributed by atoms with Gasteiger partial charge in [-0.05, 0) is 42.8 Å². The van der Waals surface area contributed by atoms with Crippen LogP contribution in [0, 0.1) is 6.92 Å². The van der Waals surface area contributed by atoms with Gasteiger partial charge in [-0.15, -0.1) is 0 Å². The summed E-state index contributed by atoms with van der Waals surface area (Å²) in [4.78, 5) is 2.09. The monoisotopic (exact) mass is 305 g/mol. The van der Waals surface area contributed by atoms with E-state index in [2.05, 4.69) is 4.72 Å². The van der Waals surface area contributed by atoms with Crippen LogP contribution in [0.3, 0.4) is 0 Å². The van der Waals surface area contributed by atoms with E-state index >= 15 is 0 Å². The molecule has 0 spiro atoms. The lowest BCUT2D eigenvalue weighted by molar-refractivity contribution is 0.601. The summed E-state index contributed by atoms with van der Waals surface area (Å²) in [7, 11) is 0.191. The van der Waals surface area contributed by atoms with Gasteiger partial charge in [-0.25, -0.2) is 8.42 Å². The minimum Gasteiger partial charge on any atom is -0.399 e. The quantitative estimate of drug-likeness (QED) is 0.851. The first-order chi connectivity index (χ1) is 9.79. The third kappa shape index (κ3) is 3.46. The van der Waals surface area contributed by atoms with Crippen LogP contribution in [-0.4, -0.2) is 22.5 Å². The first-order valence-electron chi connectivity index (χ1n) is 6.46. The van der Waals surface area contributed by atoms with Gasteiger partial charge in [-0.3, -0.25) is 4.72 Å². The Morgan fingerprint density at radius 1 is 1.10 bits per heavy atom. The van der Waals surface area contributed by atoms with Crippen molar-refractivity contribution in [3.05, 3.63) is 48.0 Å². The highest BCUT2D eigenvalue weighted by Crippen LogP contribution is 2.24. The fourth-order valence-corrected chi connectivity index (χ4v) is 3.15. The highest BCUT2D eigenvalue weighted by Gasteiger charge is 2.15. The molecule has 0 saturated heterocycles. The van der Waals surface area contributed by atoms with Crippen LogP contribution in [-0.2, 0) is 10.0 Å². The van der Waals surface area contributed by atoms with Crippen LogP contribution in [0.2, 0.25) is 0 Å². The first-order valence-corrected chi connectivity index (χ1v) is 7.94. The number of benzene rings is 2. The van der Waals surface area contributed by atoms with Crippen LogP contribution in [0.4, 0.5) is 17.1 Å². The van der Waals surface area contributed by atoms with Crippen molar-refractivity contribution >= 4 is 27.1 Å². The maximum atomic E-state index is 12.3. The van der Waals surface area contributed by atoms with E-state index in [0.29, 0.717) is 11.4 Å². The van der Waals surface area contributed by atoms with Crippen molar-refractivity contribution in [2.24, 2.45) is 0 Å². The Balaban J connectivity index is 2.35. The molecule has 6 heteroatoms. The minimum absolute atomic E-state index is 0.148. The van der Waals surface area contributed by atoms with Crippen molar-refractivity contribution in [2.75, 3.05) is 29.5 Å². The molecule has 0 radical (unpaired) electrons. The van der Waals surface area contributed by atoms with Crippen molar-refractivity contribution in [1.29, 1.82) is 0 Å². The van der Waals surface area contributed by atoms with Gasteiger partial charge in [-0.1, -0.05) is 12.1 Å². The molecule has 0 amide bonds. The molecular weight excluding hydrogens is 286 g/mol. The molecule has 0 saturated carbocycles. The summed E-state index contributed by atoms with van der Waals surface area (Å²) < 4.78 is 27.3. The van der Waals surface area contributed by atoms with Crippen LogP contribution in [0.25, 0.3) is 0 Å². The molecule has 2 rings (SSSR count). The molecule has 0 unspecified atom stereocenters. The molecule has 0 aliphatic heterocycles. The fraction of sp³-hybridized carbons (Fsp3) is 0.200. The number of nitrogens with one attached hydrogen (secondary N) is 1. The van der Waals surface area contributed by atoms with Gasteiger partial charge in [0.25, 0.3) is 10.0 Å². The van der Waals surface area contributed by atoms with Crippen LogP contribution < -0.4 is 15.4 Å². The van der Waals surface area contributed by atoms with E-state index in [4.69, 9.17) is 5.73 Å². The topological polar surface area (TPSA) is 75.4 Å². The molecule has 2 aromatic carbocycles. The van der Waals surface area contributed by atoms with E-state index in [1.54, 1.807) is 24.3 Å². The Labute approximate surface area is 125 Å². The maximum Gasteiger partial charge on any atom is 0.261 e. The predicted molar refractivity (Wildman–Crippen MR) is 87.2 cm³/mol. The average Bonchev–Trinajstić information content (AvgIpc) is 2.40.